The van der Waals surface area contributed by atoms with Crippen molar-refractivity contribution in [1.29, 1.82) is 0 Å². The van der Waals surface area contributed by atoms with E-state index in [9.17, 15) is 19.5 Å². The Morgan fingerprint density at radius 3 is 2.50 bits per heavy atom. The summed E-state index contributed by atoms with van der Waals surface area (Å²) in [5.41, 5.74) is 1.32. The molecule has 2 unspecified atom stereocenters. The normalized spacial score (nSPS) is 16.6. The zero-order valence-corrected chi connectivity index (χ0v) is 20.3. The van der Waals surface area contributed by atoms with E-state index in [0.717, 1.165) is 13.9 Å². The molecular weight excluding hydrogens is 571 g/mol. The molecule has 0 saturated heterocycles. The number of hydrogen-bond donors (Lipinski definition) is 2. The largest absolute Gasteiger partial charge is 0.479 e. The van der Waals surface area contributed by atoms with Crippen LogP contribution >= 0.6 is 34.2 Å². The van der Waals surface area contributed by atoms with Gasteiger partial charge in [-0.2, -0.15) is 0 Å². The number of carbonyl (C=O) groups is 3. The summed E-state index contributed by atoms with van der Waals surface area (Å²) in [6.07, 6.45) is 0. The molecule has 0 radical (unpaired) electrons. The molecule has 9 heteroatoms. The minimum Gasteiger partial charge on any atom is -0.479 e. The van der Waals surface area contributed by atoms with Crippen LogP contribution in [-0.2, 0) is 9.59 Å². The van der Waals surface area contributed by atoms with Gasteiger partial charge >= 0.3 is 5.97 Å². The standard InChI is InChI=1S/C25H16ClIN2O5/c26-15-7-5-13(6-8-15)21(25(32)33)29-22(20-11-14-3-1-2-4-19(14)34-20)23(30)28-18-10-9-16(27)12-17(18)24(29)31/h1-12,21-22H,(H,28,30)(H,32,33). The molecule has 7 nitrogen and oxygen atoms in total. The number of rotatable bonds is 4. The molecule has 170 valence electrons. The first-order chi connectivity index (χ1) is 16.3. The Bertz CT molecular complexity index is 1420. The van der Waals surface area contributed by atoms with Crippen molar-refractivity contribution in [2.45, 2.75) is 12.1 Å². The number of halogens is 2. The minimum atomic E-state index is -1.47. The second-order valence-corrected chi connectivity index (χ2v) is 9.46. The molecule has 34 heavy (non-hydrogen) atoms. The van der Waals surface area contributed by atoms with E-state index in [0.29, 0.717) is 21.9 Å². The number of nitrogens with zero attached hydrogens (tertiary/aromatic N) is 1. The van der Waals surface area contributed by atoms with Gasteiger partial charge in [-0.1, -0.05) is 41.9 Å². The minimum absolute atomic E-state index is 0.162. The summed E-state index contributed by atoms with van der Waals surface area (Å²) in [4.78, 5) is 41.1. The summed E-state index contributed by atoms with van der Waals surface area (Å²) < 4.78 is 6.71. The third kappa shape index (κ3) is 3.92. The Morgan fingerprint density at radius 2 is 1.79 bits per heavy atom. The van der Waals surface area contributed by atoms with E-state index in [1.54, 1.807) is 48.5 Å². The molecule has 2 N–H and O–H groups in total. The molecule has 0 aliphatic carbocycles. The van der Waals surface area contributed by atoms with Crippen molar-refractivity contribution in [3.63, 3.8) is 0 Å². The SMILES string of the molecule is O=C(O)C(c1ccc(Cl)cc1)N1C(=O)c2cc(I)ccc2NC(=O)C1c1cc2ccccc2o1. The maximum absolute atomic E-state index is 13.9. The summed E-state index contributed by atoms with van der Waals surface area (Å²) in [5.74, 6) is -2.32. The first-order valence-electron chi connectivity index (χ1n) is 10.2. The van der Waals surface area contributed by atoms with Gasteiger partial charge in [0.1, 0.15) is 11.3 Å². The van der Waals surface area contributed by atoms with E-state index in [-0.39, 0.29) is 11.3 Å². The highest BCUT2D eigenvalue weighted by atomic mass is 127. The molecule has 1 aromatic heterocycles. The van der Waals surface area contributed by atoms with Crippen LogP contribution in [0.15, 0.2) is 77.2 Å². The average molecular weight is 587 g/mol. The van der Waals surface area contributed by atoms with Gasteiger partial charge in [0, 0.05) is 14.0 Å². The molecule has 2 atom stereocenters. The van der Waals surface area contributed by atoms with Gasteiger partial charge in [-0.05, 0) is 70.6 Å². The lowest BCUT2D eigenvalue weighted by atomic mass is 10.0. The van der Waals surface area contributed by atoms with E-state index in [4.69, 9.17) is 16.0 Å². The highest BCUT2D eigenvalue weighted by Crippen LogP contribution is 2.39. The lowest BCUT2D eigenvalue weighted by molar-refractivity contribution is -0.144. The van der Waals surface area contributed by atoms with Crippen LogP contribution in [0.3, 0.4) is 0 Å². The molecule has 2 amide bonds. The fourth-order valence-electron chi connectivity index (χ4n) is 4.12. The molecular formula is C25H16ClIN2O5. The summed E-state index contributed by atoms with van der Waals surface area (Å²) in [5, 5.41) is 14.2. The van der Waals surface area contributed by atoms with Crippen molar-refractivity contribution in [3.05, 3.63) is 98.3 Å². The van der Waals surface area contributed by atoms with E-state index in [2.05, 4.69) is 27.9 Å². The number of amides is 2. The fraction of sp³-hybridized carbons (Fsp3) is 0.0800. The fourth-order valence-corrected chi connectivity index (χ4v) is 4.74. The van der Waals surface area contributed by atoms with Crippen LogP contribution in [0.4, 0.5) is 5.69 Å². The molecule has 0 saturated carbocycles. The van der Waals surface area contributed by atoms with Crippen LogP contribution in [0.1, 0.15) is 33.8 Å². The number of carboxylic acid groups (broad SMARTS) is 1. The quantitative estimate of drug-likeness (QED) is 0.301. The van der Waals surface area contributed by atoms with Crippen LogP contribution in [0.25, 0.3) is 11.0 Å². The predicted molar refractivity (Wildman–Crippen MR) is 135 cm³/mol. The van der Waals surface area contributed by atoms with Gasteiger partial charge in [0.15, 0.2) is 12.1 Å². The number of furan rings is 1. The van der Waals surface area contributed by atoms with E-state index < -0.39 is 29.9 Å². The molecule has 1 aliphatic rings. The molecule has 0 bridgehead atoms. The smallest absolute Gasteiger partial charge is 0.331 e. The number of anilines is 1. The van der Waals surface area contributed by atoms with Crippen molar-refractivity contribution in [2.24, 2.45) is 0 Å². The Morgan fingerprint density at radius 1 is 1.06 bits per heavy atom. The van der Waals surface area contributed by atoms with E-state index >= 15 is 0 Å². The maximum Gasteiger partial charge on any atom is 0.331 e. The number of carboxylic acids is 1. The van der Waals surface area contributed by atoms with Crippen LogP contribution in [-0.4, -0.2) is 27.8 Å². The van der Waals surface area contributed by atoms with Gasteiger partial charge < -0.3 is 19.7 Å². The second-order valence-electron chi connectivity index (χ2n) is 7.77. The van der Waals surface area contributed by atoms with Crippen LogP contribution in [0, 0.1) is 3.57 Å². The first-order valence-corrected chi connectivity index (χ1v) is 11.7. The van der Waals surface area contributed by atoms with E-state index in [1.807, 2.05) is 12.1 Å². The van der Waals surface area contributed by atoms with Gasteiger partial charge in [0.2, 0.25) is 0 Å². The summed E-state index contributed by atoms with van der Waals surface area (Å²) in [6.45, 7) is 0. The van der Waals surface area contributed by atoms with Crippen molar-refractivity contribution in [1.82, 2.24) is 4.90 Å². The Labute approximate surface area is 212 Å². The summed E-state index contributed by atoms with van der Waals surface area (Å²) in [6, 6.07) is 17.2. The van der Waals surface area contributed by atoms with Crippen LogP contribution < -0.4 is 5.32 Å². The zero-order chi connectivity index (χ0) is 24.0. The monoisotopic (exact) mass is 586 g/mol. The number of para-hydroxylation sites is 1. The van der Waals surface area contributed by atoms with Crippen molar-refractivity contribution in [3.8, 4) is 0 Å². The van der Waals surface area contributed by atoms with Crippen molar-refractivity contribution >= 4 is 68.6 Å². The third-order valence-electron chi connectivity index (χ3n) is 5.64. The maximum atomic E-state index is 13.9. The number of hydrogen-bond acceptors (Lipinski definition) is 4. The third-order valence-corrected chi connectivity index (χ3v) is 6.57. The number of nitrogens with one attached hydrogen (secondary N) is 1. The van der Waals surface area contributed by atoms with Gasteiger partial charge in [-0.25, -0.2) is 4.79 Å². The predicted octanol–water partition coefficient (Wildman–Crippen LogP) is 5.65. The molecule has 2 heterocycles. The van der Waals surface area contributed by atoms with E-state index in [1.165, 1.54) is 12.1 Å². The van der Waals surface area contributed by atoms with Crippen LogP contribution in [0.2, 0.25) is 5.02 Å². The number of carbonyl (C=O) groups excluding carboxylic acids is 2. The number of aliphatic carboxylic acids is 1. The second kappa shape index (κ2) is 8.77. The molecule has 0 fully saturated rings. The summed E-state index contributed by atoms with van der Waals surface area (Å²) in [7, 11) is 0. The highest BCUT2D eigenvalue weighted by Gasteiger charge is 2.45. The van der Waals surface area contributed by atoms with Crippen molar-refractivity contribution < 1.29 is 23.9 Å². The Balaban J connectivity index is 1.75. The molecule has 4 aromatic rings. The molecule has 1 aliphatic heterocycles. The van der Waals surface area contributed by atoms with Crippen LogP contribution in [0.5, 0.6) is 0 Å². The summed E-state index contributed by atoms with van der Waals surface area (Å²) >= 11 is 8.07. The zero-order valence-electron chi connectivity index (χ0n) is 17.4. The highest BCUT2D eigenvalue weighted by molar-refractivity contribution is 14.1. The first kappa shape index (κ1) is 22.4. The van der Waals surface area contributed by atoms with Crippen molar-refractivity contribution in [2.75, 3.05) is 5.32 Å². The van der Waals surface area contributed by atoms with Gasteiger partial charge in [0.25, 0.3) is 11.8 Å². The number of benzene rings is 3. The Kier molecular flexibility index (Phi) is 5.78. The molecule has 0 spiro atoms. The lowest BCUT2D eigenvalue weighted by Gasteiger charge is -2.32. The molecule has 5 rings (SSSR count). The Hall–Kier alpha value is -3.37. The number of fused-ring (bicyclic) bond motifs is 2. The average Bonchev–Trinajstić information content (AvgIpc) is 3.20. The lowest BCUT2D eigenvalue weighted by Crippen LogP contribution is -2.44. The van der Waals surface area contributed by atoms with Gasteiger partial charge in [0.05, 0.1) is 11.3 Å². The van der Waals surface area contributed by atoms with Gasteiger partial charge in [-0.3, -0.25) is 9.59 Å². The molecule has 3 aromatic carbocycles. The van der Waals surface area contributed by atoms with Gasteiger partial charge in [-0.15, -0.1) is 0 Å². The topological polar surface area (TPSA) is 99.9 Å².